The van der Waals surface area contributed by atoms with Crippen LogP contribution >= 0.6 is 0 Å². The predicted octanol–water partition coefficient (Wildman–Crippen LogP) is 0.574. The highest BCUT2D eigenvalue weighted by Gasteiger charge is 2.21. The van der Waals surface area contributed by atoms with E-state index in [1.54, 1.807) is 20.8 Å². The second-order valence-corrected chi connectivity index (χ2v) is 4.26. The minimum absolute atomic E-state index is 0.00330. The summed E-state index contributed by atoms with van der Waals surface area (Å²) in [5, 5.41) is 17.5. The first-order valence-electron chi connectivity index (χ1n) is 5.52. The van der Waals surface area contributed by atoms with Gasteiger partial charge in [0.1, 0.15) is 0 Å². The number of carboxylic acids is 1. The van der Waals surface area contributed by atoms with E-state index < -0.39 is 11.9 Å². The molecule has 0 rings (SSSR count). The Bertz CT molecular complexity index is 240. The van der Waals surface area contributed by atoms with Crippen molar-refractivity contribution in [2.24, 2.45) is 11.8 Å². The summed E-state index contributed by atoms with van der Waals surface area (Å²) in [7, 11) is 0. The van der Waals surface area contributed by atoms with Gasteiger partial charge in [-0.2, -0.15) is 0 Å². The summed E-state index contributed by atoms with van der Waals surface area (Å²) in [6.45, 7) is 5.74. The summed E-state index contributed by atoms with van der Waals surface area (Å²) in [5.41, 5.74) is 0. The topological polar surface area (TPSA) is 77.8 Å². The van der Waals surface area contributed by atoms with Crippen LogP contribution in [-0.2, 0) is 9.59 Å². The van der Waals surface area contributed by atoms with E-state index in [0.717, 1.165) is 0 Å². The van der Waals surface area contributed by atoms with Gasteiger partial charge >= 0.3 is 5.97 Å². The van der Waals surface area contributed by atoms with E-state index in [1.807, 2.05) is 0 Å². The lowest BCUT2D eigenvalue weighted by atomic mass is 10.1. The van der Waals surface area contributed by atoms with Gasteiger partial charge in [0.25, 0.3) is 0 Å². The van der Waals surface area contributed by atoms with Gasteiger partial charge in [-0.25, -0.2) is 0 Å². The quantitative estimate of drug-likeness (QED) is 0.671. The van der Waals surface area contributed by atoms with Crippen molar-refractivity contribution in [2.45, 2.75) is 27.2 Å². The molecule has 0 aromatic heterocycles. The molecule has 0 aromatic rings. The van der Waals surface area contributed by atoms with Gasteiger partial charge in [-0.3, -0.25) is 9.59 Å². The predicted molar refractivity (Wildman–Crippen MR) is 59.9 cm³/mol. The van der Waals surface area contributed by atoms with Crippen molar-refractivity contribution in [3.05, 3.63) is 0 Å². The lowest BCUT2D eigenvalue weighted by Crippen LogP contribution is -2.40. The van der Waals surface area contributed by atoms with E-state index >= 15 is 0 Å². The molecule has 0 heterocycles. The van der Waals surface area contributed by atoms with Crippen LogP contribution in [0.15, 0.2) is 0 Å². The van der Waals surface area contributed by atoms with Crippen molar-refractivity contribution in [3.63, 3.8) is 0 Å². The molecular weight excluding hydrogens is 210 g/mol. The van der Waals surface area contributed by atoms with Gasteiger partial charge in [-0.1, -0.05) is 20.8 Å². The molecule has 0 spiro atoms. The summed E-state index contributed by atoms with van der Waals surface area (Å²) in [6.07, 6.45) is 0.477. The number of aliphatic hydroxyl groups excluding tert-OH is 1. The number of aliphatic carboxylic acids is 1. The molecule has 0 radical (unpaired) electrons. The van der Waals surface area contributed by atoms with Crippen molar-refractivity contribution in [2.75, 3.05) is 19.7 Å². The van der Waals surface area contributed by atoms with Gasteiger partial charge in [-0.05, 0) is 6.42 Å². The van der Waals surface area contributed by atoms with E-state index in [9.17, 15) is 9.59 Å². The Balaban J connectivity index is 4.42. The zero-order valence-corrected chi connectivity index (χ0v) is 10.1. The third-order valence-corrected chi connectivity index (χ3v) is 2.31. The SMILES string of the molecule is CC(C)C(=O)N(CCCO)CC(C)C(=O)O. The Kier molecular flexibility index (Phi) is 6.72. The maximum absolute atomic E-state index is 11.8. The van der Waals surface area contributed by atoms with Crippen LogP contribution < -0.4 is 0 Å². The largest absolute Gasteiger partial charge is 0.481 e. The lowest BCUT2D eigenvalue weighted by Gasteiger charge is -2.26. The molecule has 0 bridgehead atoms. The number of hydrogen-bond acceptors (Lipinski definition) is 3. The van der Waals surface area contributed by atoms with Crippen molar-refractivity contribution >= 4 is 11.9 Å². The standard InChI is InChI=1S/C11H21NO4/c1-8(2)10(14)12(5-4-6-13)7-9(3)11(15)16/h8-9,13H,4-7H2,1-3H3,(H,15,16). The second-order valence-electron chi connectivity index (χ2n) is 4.26. The molecule has 1 amide bonds. The first-order valence-corrected chi connectivity index (χ1v) is 5.52. The van der Waals surface area contributed by atoms with Crippen LogP contribution in [0, 0.1) is 11.8 Å². The van der Waals surface area contributed by atoms with Crippen LogP contribution in [0.25, 0.3) is 0 Å². The summed E-state index contributed by atoms with van der Waals surface area (Å²) in [6, 6.07) is 0. The molecule has 0 saturated carbocycles. The van der Waals surface area contributed by atoms with Gasteiger partial charge < -0.3 is 15.1 Å². The van der Waals surface area contributed by atoms with E-state index in [1.165, 1.54) is 4.90 Å². The van der Waals surface area contributed by atoms with E-state index in [-0.39, 0.29) is 25.0 Å². The van der Waals surface area contributed by atoms with E-state index in [2.05, 4.69) is 0 Å². The Morgan fingerprint density at radius 1 is 1.25 bits per heavy atom. The van der Waals surface area contributed by atoms with Gasteiger partial charge in [0.2, 0.25) is 5.91 Å². The Labute approximate surface area is 96.1 Å². The highest BCUT2D eigenvalue weighted by atomic mass is 16.4. The summed E-state index contributed by atoms with van der Waals surface area (Å²) in [4.78, 5) is 24.0. The smallest absolute Gasteiger partial charge is 0.308 e. The van der Waals surface area contributed by atoms with Crippen molar-refractivity contribution in [1.82, 2.24) is 4.90 Å². The van der Waals surface area contributed by atoms with Gasteiger partial charge in [0, 0.05) is 25.6 Å². The number of carbonyl (C=O) groups excluding carboxylic acids is 1. The second kappa shape index (κ2) is 7.22. The summed E-state index contributed by atoms with van der Waals surface area (Å²) >= 11 is 0. The zero-order valence-electron chi connectivity index (χ0n) is 10.1. The lowest BCUT2D eigenvalue weighted by molar-refractivity contribution is -0.143. The van der Waals surface area contributed by atoms with Crippen LogP contribution in [0.3, 0.4) is 0 Å². The maximum atomic E-state index is 11.8. The normalized spacial score (nSPS) is 12.6. The number of hydrogen-bond donors (Lipinski definition) is 2. The van der Waals surface area contributed by atoms with Crippen LogP contribution in [0.1, 0.15) is 27.2 Å². The third kappa shape index (κ3) is 5.11. The summed E-state index contributed by atoms with van der Waals surface area (Å²) < 4.78 is 0. The highest BCUT2D eigenvalue weighted by Crippen LogP contribution is 2.07. The Morgan fingerprint density at radius 3 is 2.19 bits per heavy atom. The molecular formula is C11H21NO4. The molecule has 5 heteroatoms. The fraction of sp³-hybridized carbons (Fsp3) is 0.818. The average molecular weight is 231 g/mol. The van der Waals surface area contributed by atoms with Gasteiger partial charge in [0.15, 0.2) is 0 Å². The first-order chi connectivity index (χ1) is 7.40. The molecule has 0 aliphatic carbocycles. The fourth-order valence-corrected chi connectivity index (χ4v) is 1.33. The number of carbonyl (C=O) groups is 2. The van der Waals surface area contributed by atoms with Crippen LogP contribution in [-0.4, -0.2) is 46.7 Å². The summed E-state index contributed by atoms with van der Waals surface area (Å²) in [5.74, 6) is -1.71. The van der Waals surface area contributed by atoms with Crippen molar-refractivity contribution in [1.29, 1.82) is 0 Å². The molecule has 5 nitrogen and oxygen atoms in total. The fourth-order valence-electron chi connectivity index (χ4n) is 1.33. The van der Waals surface area contributed by atoms with E-state index in [0.29, 0.717) is 13.0 Å². The molecule has 1 atom stereocenters. The molecule has 94 valence electrons. The van der Waals surface area contributed by atoms with Gasteiger partial charge in [0.05, 0.1) is 5.92 Å². The number of carboxylic acid groups (broad SMARTS) is 1. The highest BCUT2D eigenvalue weighted by molar-refractivity contribution is 5.79. The molecule has 16 heavy (non-hydrogen) atoms. The van der Waals surface area contributed by atoms with Crippen molar-refractivity contribution in [3.8, 4) is 0 Å². The van der Waals surface area contributed by atoms with Crippen molar-refractivity contribution < 1.29 is 19.8 Å². The third-order valence-electron chi connectivity index (χ3n) is 2.31. The number of amides is 1. The Hall–Kier alpha value is -1.10. The van der Waals surface area contributed by atoms with E-state index in [4.69, 9.17) is 10.2 Å². The Morgan fingerprint density at radius 2 is 1.81 bits per heavy atom. The minimum Gasteiger partial charge on any atom is -0.481 e. The molecule has 0 aliphatic rings. The average Bonchev–Trinajstić information content (AvgIpc) is 2.22. The number of aliphatic hydroxyl groups is 1. The maximum Gasteiger partial charge on any atom is 0.308 e. The first kappa shape index (κ1) is 14.9. The monoisotopic (exact) mass is 231 g/mol. The van der Waals surface area contributed by atoms with Gasteiger partial charge in [-0.15, -0.1) is 0 Å². The number of nitrogens with zero attached hydrogens (tertiary/aromatic N) is 1. The van der Waals surface area contributed by atoms with Crippen LogP contribution in [0.5, 0.6) is 0 Å². The zero-order chi connectivity index (χ0) is 12.7. The van der Waals surface area contributed by atoms with Crippen LogP contribution in [0.2, 0.25) is 0 Å². The molecule has 0 aliphatic heterocycles. The molecule has 0 fully saturated rings. The molecule has 0 saturated heterocycles. The molecule has 0 aromatic carbocycles. The van der Waals surface area contributed by atoms with Crippen LogP contribution in [0.4, 0.5) is 0 Å². The number of rotatable bonds is 7. The molecule has 2 N–H and O–H groups in total. The molecule has 1 unspecified atom stereocenters. The minimum atomic E-state index is -0.912.